The molecule has 1 N–H and O–H groups in total. The lowest BCUT2D eigenvalue weighted by atomic mass is 10.3. The van der Waals surface area contributed by atoms with Crippen LogP contribution in [0.5, 0.6) is 0 Å². The molecule has 1 aliphatic rings. The second kappa shape index (κ2) is 4.82. The molecule has 2 rings (SSSR count). The van der Waals surface area contributed by atoms with E-state index in [1.807, 2.05) is 0 Å². The topological polar surface area (TPSA) is 71.5 Å². The molecule has 1 aromatic heterocycles. The molecule has 0 aliphatic carbocycles. The lowest BCUT2D eigenvalue weighted by Gasteiger charge is -2.11. The Bertz CT molecular complexity index is 421. The van der Waals surface area contributed by atoms with Crippen molar-refractivity contribution in [3.8, 4) is 0 Å². The Balaban J connectivity index is 1.98. The van der Waals surface area contributed by atoms with E-state index < -0.39 is 6.09 Å². The zero-order valence-corrected chi connectivity index (χ0v) is 9.42. The van der Waals surface area contributed by atoms with Crippen molar-refractivity contribution < 1.29 is 14.3 Å². The van der Waals surface area contributed by atoms with E-state index in [2.05, 4.69) is 10.3 Å². The molecule has 2 heterocycles. The molecule has 17 heavy (non-hydrogen) atoms. The van der Waals surface area contributed by atoms with Gasteiger partial charge in [0.25, 0.3) is 0 Å². The summed E-state index contributed by atoms with van der Waals surface area (Å²) in [6.07, 6.45) is 2.52. The molecule has 90 valence electrons. The number of carbonyl (C=O) groups excluding carboxylic acids is 2. The Labute approximate surface area is 98.6 Å². The fourth-order valence-electron chi connectivity index (χ4n) is 1.61. The van der Waals surface area contributed by atoms with E-state index in [4.69, 9.17) is 4.74 Å². The van der Waals surface area contributed by atoms with Crippen molar-refractivity contribution in [1.29, 1.82) is 0 Å². The molecule has 1 saturated heterocycles. The van der Waals surface area contributed by atoms with Gasteiger partial charge in [-0.05, 0) is 12.1 Å². The number of nitrogens with zero attached hydrogens (tertiary/aromatic N) is 2. The van der Waals surface area contributed by atoms with E-state index in [1.54, 1.807) is 24.5 Å². The van der Waals surface area contributed by atoms with Crippen molar-refractivity contribution in [3.05, 3.63) is 24.5 Å². The zero-order chi connectivity index (χ0) is 12.3. The van der Waals surface area contributed by atoms with E-state index in [0.29, 0.717) is 18.8 Å². The van der Waals surface area contributed by atoms with Crippen LogP contribution < -0.4 is 10.2 Å². The summed E-state index contributed by atoms with van der Waals surface area (Å²) < 4.78 is 5.12. The van der Waals surface area contributed by atoms with E-state index >= 15 is 0 Å². The number of carbonyl (C=O) groups is 2. The molecule has 0 bridgehead atoms. The average Bonchev–Trinajstić information content (AvgIpc) is 2.69. The summed E-state index contributed by atoms with van der Waals surface area (Å²) in [6, 6.07) is 3.54. The predicted octanol–water partition coefficient (Wildman–Crippen LogP) is 0.543. The first kappa shape index (κ1) is 11.4. The Morgan fingerprint density at radius 2 is 2.53 bits per heavy atom. The molecule has 2 amide bonds. The fourth-order valence-corrected chi connectivity index (χ4v) is 1.61. The van der Waals surface area contributed by atoms with E-state index in [9.17, 15) is 9.59 Å². The molecule has 6 heteroatoms. The monoisotopic (exact) mass is 235 g/mol. The van der Waals surface area contributed by atoms with Gasteiger partial charge in [0.2, 0.25) is 5.91 Å². The van der Waals surface area contributed by atoms with Gasteiger partial charge in [0.15, 0.2) is 0 Å². The Morgan fingerprint density at radius 3 is 3.18 bits per heavy atom. The highest BCUT2D eigenvalue weighted by molar-refractivity contribution is 5.89. The number of amides is 2. The molecular formula is C11H13N3O3. The summed E-state index contributed by atoms with van der Waals surface area (Å²) in [5, 5.41) is 2.62. The van der Waals surface area contributed by atoms with Crippen LogP contribution in [0.15, 0.2) is 24.5 Å². The normalized spacial score (nSPS) is 19.0. The van der Waals surface area contributed by atoms with Crippen molar-refractivity contribution in [2.45, 2.75) is 13.0 Å². The molecule has 6 nitrogen and oxygen atoms in total. The van der Waals surface area contributed by atoms with Crippen LogP contribution >= 0.6 is 0 Å². The van der Waals surface area contributed by atoms with Crippen LogP contribution in [-0.2, 0) is 9.53 Å². The minimum atomic E-state index is -0.409. The molecule has 1 fully saturated rings. The van der Waals surface area contributed by atoms with E-state index in [0.717, 1.165) is 0 Å². The van der Waals surface area contributed by atoms with E-state index in [1.165, 1.54) is 11.8 Å². The van der Waals surface area contributed by atoms with Gasteiger partial charge >= 0.3 is 6.09 Å². The van der Waals surface area contributed by atoms with E-state index in [-0.39, 0.29) is 12.0 Å². The lowest BCUT2D eigenvalue weighted by molar-refractivity contribution is -0.119. The number of hydrogen-bond donors (Lipinski definition) is 1. The number of nitrogens with one attached hydrogen (secondary N) is 1. The zero-order valence-electron chi connectivity index (χ0n) is 9.42. The van der Waals surface area contributed by atoms with Crippen molar-refractivity contribution in [2.75, 3.05) is 18.0 Å². The maximum absolute atomic E-state index is 11.6. The van der Waals surface area contributed by atoms with Gasteiger partial charge in [-0.3, -0.25) is 14.7 Å². The summed E-state index contributed by atoms with van der Waals surface area (Å²) in [5.74, 6) is -0.138. The number of anilines is 1. The van der Waals surface area contributed by atoms with Gasteiger partial charge in [-0.25, -0.2) is 4.79 Å². The first-order valence-corrected chi connectivity index (χ1v) is 5.29. The molecule has 0 aromatic carbocycles. The number of aromatic nitrogens is 1. The highest BCUT2D eigenvalue weighted by Crippen LogP contribution is 2.19. The standard InChI is InChI=1S/C11H13N3O3/c1-8(15)13-6-10-7-14(11(16)17-10)9-3-2-4-12-5-9/h2-5,10H,6-7H2,1H3,(H,13,15)/t10-/m0/s1. The molecule has 0 spiro atoms. The van der Waals surface area contributed by atoms with Crippen LogP contribution in [0.1, 0.15) is 6.92 Å². The van der Waals surface area contributed by atoms with Gasteiger partial charge in [-0.2, -0.15) is 0 Å². The molecule has 1 aromatic rings. The Kier molecular flexibility index (Phi) is 3.22. The smallest absolute Gasteiger partial charge is 0.414 e. The third-order valence-electron chi connectivity index (χ3n) is 2.41. The quantitative estimate of drug-likeness (QED) is 0.830. The van der Waals surface area contributed by atoms with Crippen molar-refractivity contribution >= 4 is 17.7 Å². The summed E-state index contributed by atoms with van der Waals surface area (Å²) >= 11 is 0. The van der Waals surface area contributed by atoms with Gasteiger partial charge in [-0.15, -0.1) is 0 Å². The highest BCUT2D eigenvalue weighted by atomic mass is 16.6. The van der Waals surface area contributed by atoms with Gasteiger partial charge < -0.3 is 10.1 Å². The van der Waals surface area contributed by atoms with Crippen LogP contribution in [0.2, 0.25) is 0 Å². The fraction of sp³-hybridized carbons (Fsp3) is 0.364. The summed E-state index contributed by atoms with van der Waals surface area (Å²) in [5.41, 5.74) is 0.697. The van der Waals surface area contributed by atoms with Gasteiger partial charge in [0, 0.05) is 13.1 Å². The van der Waals surface area contributed by atoms with Gasteiger partial charge in [-0.1, -0.05) is 0 Å². The number of hydrogen-bond acceptors (Lipinski definition) is 4. The minimum Gasteiger partial charge on any atom is -0.442 e. The van der Waals surface area contributed by atoms with Crippen molar-refractivity contribution in [1.82, 2.24) is 10.3 Å². The maximum atomic E-state index is 11.6. The number of rotatable bonds is 3. The maximum Gasteiger partial charge on any atom is 0.414 e. The van der Waals surface area contributed by atoms with Gasteiger partial charge in [0.05, 0.1) is 25.0 Å². The molecule has 0 unspecified atom stereocenters. The molecule has 1 aliphatic heterocycles. The SMILES string of the molecule is CC(=O)NC[C@H]1CN(c2cccnc2)C(=O)O1. The predicted molar refractivity (Wildman–Crippen MR) is 60.5 cm³/mol. The summed E-state index contributed by atoms with van der Waals surface area (Å²) in [4.78, 5) is 27.8. The minimum absolute atomic E-state index is 0.138. The molecule has 0 saturated carbocycles. The van der Waals surface area contributed by atoms with Crippen molar-refractivity contribution in [3.63, 3.8) is 0 Å². The summed E-state index contributed by atoms with van der Waals surface area (Å²) in [6.45, 7) is 2.18. The number of cyclic esters (lactones) is 1. The molecule has 1 atom stereocenters. The third kappa shape index (κ3) is 2.72. The van der Waals surface area contributed by atoms with Crippen LogP contribution in [0.4, 0.5) is 10.5 Å². The second-order valence-electron chi connectivity index (χ2n) is 3.76. The van der Waals surface area contributed by atoms with Crippen LogP contribution in [0.3, 0.4) is 0 Å². The second-order valence-corrected chi connectivity index (χ2v) is 3.76. The lowest BCUT2D eigenvalue weighted by Crippen LogP contribution is -2.33. The third-order valence-corrected chi connectivity index (χ3v) is 2.41. The average molecular weight is 235 g/mol. The van der Waals surface area contributed by atoms with Crippen molar-refractivity contribution in [2.24, 2.45) is 0 Å². The Morgan fingerprint density at radius 1 is 1.71 bits per heavy atom. The number of pyridine rings is 1. The summed E-state index contributed by atoms with van der Waals surface area (Å²) in [7, 11) is 0. The first-order valence-electron chi connectivity index (χ1n) is 5.29. The first-order chi connectivity index (χ1) is 8.16. The van der Waals surface area contributed by atoms with Crippen LogP contribution in [-0.4, -0.2) is 36.2 Å². The highest BCUT2D eigenvalue weighted by Gasteiger charge is 2.32. The molecule has 0 radical (unpaired) electrons. The van der Waals surface area contributed by atoms with Gasteiger partial charge in [0.1, 0.15) is 6.10 Å². The Hall–Kier alpha value is -2.11. The number of ether oxygens (including phenoxy) is 1. The molecular weight excluding hydrogens is 222 g/mol. The van der Waals surface area contributed by atoms with Crippen LogP contribution in [0, 0.1) is 0 Å². The van der Waals surface area contributed by atoms with Crippen LogP contribution in [0.25, 0.3) is 0 Å². The largest absolute Gasteiger partial charge is 0.442 e.